The van der Waals surface area contributed by atoms with Gasteiger partial charge < -0.3 is 14.5 Å². The molecule has 0 radical (unpaired) electrons. The topological polar surface area (TPSA) is 45.7 Å². The van der Waals surface area contributed by atoms with E-state index in [1.165, 1.54) is 18.3 Å². The van der Waals surface area contributed by atoms with E-state index in [0.717, 1.165) is 6.42 Å². The van der Waals surface area contributed by atoms with Crippen molar-refractivity contribution in [3.05, 3.63) is 23.9 Å². The van der Waals surface area contributed by atoms with Gasteiger partial charge in [0.1, 0.15) is 0 Å². The fraction of sp³-hybridized carbons (Fsp3) is 0.625. The summed E-state index contributed by atoms with van der Waals surface area (Å²) in [6.07, 6.45) is -2.17. The van der Waals surface area contributed by atoms with Crippen LogP contribution in [-0.4, -0.2) is 66.7 Å². The van der Waals surface area contributed by atoms with Crippen molar-refractivity contribution in [3.63, 3.8) is 0 Å². The summed E-state index contributed by atoms with van der Waals surface area (Å²) in [5.74, 6) is 0.0990. The van der Waals surface area contributed by atoms with Gasteiger partial charge >= 0.3 is 6.18 Å². The third-order valence-corrected chi connectivity index (χ3v) is 4.25. The summed E-state index contributed by atoms with van der Waals surface area (Å²) in [5, 5.41) is 0. The Morgan fingerprint density at radius 2 is 2.08 bits per heavy atom. The number of nitrogens with zero attached hydrogens (tertiary/aromatic N) is 3. The monoisotopic (exact) mass is 345 g/mol. The standard InChI is InChI=1S/C16H22F3N3O2/c1-4-11-8-22(9-13(11)21(2)3)15(23)12-5-6-14(20-7-12)24-10-16(17,18)19/h5-7,11,13H,4,8-10H2,1-3H3/t11-,13+/m1/s1. The van der Waals surface area contributed by atoms with Gasteiger partial charge in [0.15, 0.2) is 6.61 Å². The van der Waals surface area contributed by atoms with Gasteiger partial charge in [0.25, 0.3) is 5.91 Å². The molecule has 1 aromatic rings. The van der Waals surface area contributed by atoms with E-state index in [1.54, 1.807) is 4.90 Å². The highest BCUT2D eigenvalue weighted by atomic mass is 19.4. The van der Waals surface area contributed by atoms with E-state index in [2.05, 4.69) is 21.5 Å². The maximum absolute atomic E-state index is 12.6. The van der Waals surface area contributed by atoms with E-state index in [0.29, 0.717) is 30.6 Å². The smallest absolute Gasteiger partial charge is 0.422 e. The number of pyridine rings is 1. The number of likely N-dealkylation sites (N-methyl/N-ethyl adjacent to an activating group) is 1. The minimum atomic E-state index is -4.41. The molecular formula is C16H22F3N3O2. The predicted octanol–water partition coefficient (Wildman–Crippen LogP) is 2.43. The van der Waals surface area contributed by atoms with Crippen molar-refractivity contribution in [1.29, 1.82) is 0 Å². The van der Waals surface area contributed by atoms with Crippen molar-refractivity contribution in [2.75, 3.05) is 33.8 Å². The molecule has 1 fully saturated rings. The molecule has 0 N–H and O–H groups in total. The average Bonchev–Trinajstić information content (AvgIpc) is 2.96. The van der Waals surface area contributed by atoms with Crippen LogP contribution in [0.15, 0.2) is 18.3 Å². The van der Waals surface area contributed by atoms with Gasteiger partial charge in [-0.15, -0.1) is 0 Å². The van der Waals surface area contributed by atoms with Crippen LogP contribution in [0, 0.1) is 5.92 Å². The van der Waals surface area contributed by atoms with Crippen molar-refractivity contribution in [1.82, 2.24) is 14.8 Å². The van der Waals surface area contributed by atoms with Crippen LogP contribution in [0.3, 0.4) is 0 Å². The van der Waals surface area contributed by atoms with Gasteiger partial charge in [0, 0.05) is 31.4 Å². The lowest BCUT2D eigenvalue weighted by Gasteiger charge is -2.23. The third kappa shape index (κ3) is 4.59. The van der Waals surface area contributed by atoms with Gasteiger partial charge in [-0.3, -0.25) is 4.79 Å². The lowest BCUT2D eigenvalue weighted by atomic mass is 10.0. The highest BCUT2D eigenvalue weighted by Gasteiger charge is 2.35. The summed E-state index contributed by atoms with van der Waals surface area (Å²) in [6, 6.07) is 3.04. The minimum absolute atomic E-state index is 0.150. The van der Waals surface area contributed by atoms with E-state index in [1.807, 2.05) is 14.1 Å². The molecule has 1 aliphatic heterocycles. The van der Waals surface area contributed by atoms with Crippen molar-refractivity contribution in [2.45, 2.75) is 25.6 Å². The van der Waals surface area contributed by atoms with E-state index in [-0.39, 0.29) is 11.8 Å². The number of ether oxygens (including phenoxy) is 1. The van der Waals surface area contributed by atoms with Crippen LogP contribution < -0.4 is 4.74 Å². The van der Waals surface area contributed by atoms with Crippen LogP contribution in [0.1, 0.15) is 23.7 Å². The van der Waals surface area contributed by atoms with Crippen LogP contribution in [0.5, 0.6) is 5.88 Å². The normalized spacial score (nSPS) is 21.4. The van der Waals surface area contributed by atoms with Gasteiger partial charge in [-0.1, -0.05) is 13.3 Å². The minimum Gasteiger partial charge on any atom is -0.468 e. The molecule has 0 bridgehead atoms. The van der Waals surface area contributed by atoms with Crippen LogP contribution in [-0.2, 0) is 0 Å². The lowest BCUT2D eigenvalue weighted by Crippen LogP contribution is -2.36. The molecule has 0 aliphatic carbocycles. The van der Waals surface area contributed by atoms with Crippen LogP contribution in [0.25, 0.3) is 0 Å². The van der Waals surface area contributed by atoms with E-state index < -0.39 is 12.8 Å². The summed E-state index contributed by atoms with van der Waals surface area (Å²) < 4.78 is 40.9. The zero-order valence-electron chi connectivity index (χ0n) is 14.0. The molecule has 1 saturated heterocycles. The second kappa shape index (κ2) is 7.38. The Kier molecular flexibility index (Phi) is 5.69. The second-order valence-electron chi connectivity index (χ2n) is 6.20. The maximum Gasteiger partial charge on any atom is 0.422 e. The van der Waals surface area contributed by atoms with Crippen molar-refractivity contribution >= 4 is 5.91 Å². The SMILES string of the molecule is CC[C@@H]1CN(C(=O)c2ccc(OCC(F)(F)F)nc2)C[C@@H]1N(C)C. The Morgan fingerprint density at radius 1 is 1.38 bits per heavy atom. The highest BCUT2D eigenvalue weighted by Crippen LogP contribution is 2.25. The number of halogens is 3. The second-order valence-corrected chi connectivity index (χ2v) is 6.20. The number of hydrogen-bond donors (Lipinski definition) is 0. The summed E-state index contributed by atoms with van der Waals surface area (Å²) in [6.45, 7) is 2.01. The fourth-order valence-electron chi connectivity index (χ4n) is 2.94. The summed E-state index contributed by atoms with van der Waals surface area (Å²) in [4.78, 5) is 20.2. The molecule has 2 heterocycles. The van der Waals surface area contributed by atoms with Crippen molar-refractivity contribution in [2.24, 2.45) is 5.92 Å². The molecule has 2 rings (SSSR count). The van der Waals surface area contributed by atoms with Gasteiger partial charge in [-0.2, -0.15) is 13.2 Å². The van der Waals surface area contributed by atoms with Crippen LogP contribution >= 0.6 is 0 Å². The maximum atomic E-state index is 12.6. The molecule has 2 atom stereocenters. The zero-order valence-corrected chi connectivity index (χ0v) is 14.0. The molecule has 0 unspecified atom stereocenters. The Labute approximate surface area is 139 Å². The Bertz CT molecular complexity index is 561. The van der Waals surface area contributed by atoms with E-state index in [9.17, 15) is 18.0 Å². The molecule has 0 aromatic carbocycles. The number of aromatic nitrogens is 1. The fourth-order valence-corrected chi connectivity index (χ4v) is 2.94. The number of alkyl halides is 3. The van der Waals surface area contributed by atoms with Crippen molar-refractivity contribution < 1.29 is 22.7 Å². The summed E-state index contributed by atoms with van der Waals surface area (Å²) in [5.41, 5.74) is 0.351. The number of likely N-dealkylation sites (tertiary alicyclic amines) is 1. The van der Waals surface area contributed by atoms with Gasteiger partial charge in [0.05, 0.1) is 5.56 Å². The van der Waals surface area contributed by atoms with Crippen LogP contribution in [0.4, 0.5) is 13.2 Å². The molecule has 5 nitrogen and oxygen atoms in total. The lowest BCUT2D eigenvalue weighted by molar-refractivity contribution is -0.154. The number of amides is 1. The third-order valence-electron chi connectivity index (χ3n) is 4.25. The molecule has 1 amide bonds. The molecule has 8 heteroatoms. The average molecular weight is 345 g/mol. The highest BCUT2D eigenvalue weighted by molar-refractivity contribution is 5.94. The molecular weight excluding hydrogens is 323 g/mol. The summed E-state index contributed by atoms with van der Waals surface area (Å²) >= 11 is 0. The van der Waals surface area contributed by atoms with E-state index in [4.69, 9.17) is 0 Å². The first-order valence-electron chi connectivity index (χ1n) is 7.82. The molecule has 0 saturated carbocycles. The van der Waals surface area contributed by atoms with Gasteiger partial charge in [-0.05, 0) is 26.1 Å². The Balaban J connectivity index is 2.00. The summed E-state index contributed by atoms with van der Waals surface area (Å²) in [7, 11) is 3.99. The molecule has 1 aliphatic rings. The quantitative estimate of drug-likeness (QED) is 0.822. The van der Waals surface area contributed by atoms with Crippen molar-refractivity contribution in [3.8, 4) is 5.88 Å². The first-order chi connectivity index (χ1) is 11.2. The molecule has 0 spiro atoms. The number of hydrogen-bond acceptors (Lipinski definition) is 4. The van der Waals surface area contributed by atoms with E-state index >= 15 is 0 Å². The molecule has 134 valence electrons. The number of carbonyl (C=O) groups is 1. The molecule has 1 aromatic heterocycles. The Morgan fingerprint density at radius 3 is 2.54 bits per heavy atom. The van der Waals surface area contributed by atoms with Gasteiger partial charge in [-0.25, -0.2) is 4.98 Å². The zero-order chi connectivity index (χ0) is 17.9. The first-order valence-corrected chi connectivity index (χ1v) is 7.82. The van der Waals surface area contributed by atoms with Gasteiger partial charge in [0.2, 0.25) is 5.88 Å². The number of rotatable bonds is 5. The Hall–Kier alpha value is -1.83. The predicted molar refractivity (Wildman–Crippen MR) is 82.9 cm³/mol. The largest absolute Gasteiger partial charge is 0.468 e. The first kappa shape index (κ1) is 18.5. The number of carbonyl (C=O) groups excluding carboxylic acids is 1. The molecule has 24 heavy (non-hydrogen) atoms. The van der Waals surface area contributed by atoms with Crippen LogP contribution in [0.2, 0.25) is 0 Å².